The lowest BCUT2D eigenvalue weighted by atomic mass is 10.1. The van der Waals surface area contributed by atoms with E-state index >= 15 is 0 Å². The Kier molecular flexibility index (Phi) is 6.16. The maximum absolute atomic E-state index is 12.1. The van der Waals surface area contributed by atoms with Gasteiger partial charge in [0.25, 0.3) is 0 Å². The number of carbonyl (C=O) groups excluding carboxylic acids is 2. The molecule has 0 radical (unpaired) electrons. The van der Waals surface area contributed by atoms with E-state index in [4.69, 9.17) is 4.52 Å². The van der Waals surface area contributed by atoms with Crippen LogP contribution in [0.15, 0.2) is 53.1 Å². The van der Waals surface area contributed by atoms with E-state index in [1.54, 1.807) is 24.3 Å². The third-order valence-corrected chi connectivity index (χ3v) is 4.21. The number of hydrogen-bond acceptors (Lipinski definition) is 6. The first-order valence-corrected chi connectivity index (χ1v) is 8.89. The number of nitrogens with zero attached hydrogens (tertiary/aromatic N) is 2. The molecule has 0 unspecified atom stereocenters. The number of aromatic nitrogens is 2. The monoisotopic (exact) mass is 379 g/mol. The van der Waals surface area contributed by atoms with Gasteiger partial charge in [0, 0.05) is 24.9 Å². The Balaban J connectivity index is 1.47. The molecule has 0 aliphatic rings. The first-order valence-electron chi connectivity index (χ1n) is 8.89. The Hall–Kier alpha value is -3.48. The van der Waals surface area contributed by atoms with E-state index in [1.165, 1.54) is 7.11 Å². The zero-order chi connectivity index (χ0) is 19.9. The number of ether oxygens (including phenoxy) is 1. The highest BCUT2D eigenvalue weighted by molar-refractivity contribution is 5.89. The fraction of sp³-hybridized carbons (Fsp3) is 0.238. The van der Waals surface area contributed by atoms with Gasteiger partial charge in [0.05, 0.1) is 12.7 Å². The summed E-state index contributed by atoms with van der Waals surface area (Å²) in [7, 11) is 1.34. The topological polar surface area (TPSA) is 94.3 Å². The zero-order valence-electron chi connectivity index (χ0n) is 15.8. The van der Waals surface area contributed by atoms with E-state index in [0.29, 0.717) is 30.2 Å². The molecule has 0 saturated carbocycles. The van der Waals surface area contributed by atoms with E-state index in [0.717, 1.165) is 16.7 Å². The molecule has 28 heavy (non-hydrogen) atoms. The van der Waals surface area contributed by atoms with Gasteiger partial charge in [-0.15, -0.1) is 0 Å². The van der Waals surface area contributed by atoms with Crippen LogP contribution >= 0.6 is 0 Å². The van der Waals surface area contributed by atoms with Crippen molar-refractivity contribution in [3.63, 3.8) is 0 Å². The third-order valence-electron chi connectivity index (χ3n) is 4.21. The highest BCUT2D eigenvalue weighted by Crippen LogP contribution is 2.16. The Morgan fingerprint density at radius 2 is 1.79 bits per heavy atom. The summed E-state index contributed by atoms with van der Waals surface area (Å²) in [5, 5.41) is 6.79. The number of aryl methyl sites for hydroxylation is 2. The second-order valence-corrected chi connectivity index (χ2v) is 6.34. The van der Waals surface area contributed by atoms with Crippen LogP contribution in [-0.2, 0) is 22.5 Å². The van der Waals surface area contributed by atoms with E-state index in [9.17, 15) is 9.59 Å². The summed E-state index contributed by atoms with van der Waals surface area (Å²) < 4.78 is 9.88. The fourth-order valence-corrected chi connectivity index (χ4v) is 2.56. The molecule has 7 nitrogen and oxygen atoms in total. The predicted molar refractivity (Wildman–Crippen MR) is 102 cm³/mol. The molecular formula is C21H21N3O4. The molecule has 3 rings (SSSR count). The van der Waals surface area contributed by atoms with Crippen molar-refractivity contribution in [1.82, 2.24) is 15.5 Å². The minimum absolute atomic E-state index is 0.118. The molecule has 1 aromatic heterocycles. The van der Waals surface area contributed by atoms with Crippen molar-refractivity contribution < 1.29 is 18.8 Å². The molecule has 0 bridgehead atoms. The Labute approximate surface area is 162 Å². The number of esters is 1. The van der Waals surface area contributed by atoms with Gasteiger partial charge in [0.2, 0.25) is 17.6 Å². The first-order chi connectivity index (χ1) is 13.5. The Morgan fingerprint density at radius 3 is 2.46 bits per heavy atom. The summed E-state index contributed by atoms with van der Waals surface area (Å²) in [5.41, 5.74) is 3.39. The van der Waals surface area contributed by atoms with Crippen LogP contribution in [0.3, 0.4) is 0 Å². The number of amides is 1. The highest BCUT2D eigenvalue weighted by atomic mass is 16.5. The number of hydrogen-bond donors (Lipinski definition) is 1. The van der Waals surface area contributed by atoms with Crippen molar-refractivity contribution in [2.45, 2.75) is 26.3 Å². The SMILES string of the molecule is COC(=O)c1ccc(CNC(=O)CCc2nc(-c3ccc(C)cc3)no2)cc1. The van der Waals surface area contributed by atoms with Crippen molar-refractivity contribution in [2.75, 3.05) is 7.11 Å². The summed E-state index contributed by atoms with van der Waals surface area (Å²) in [5.74, 6) is 0.432. The maximum atomic E-state index is 12.1. The van der Waals surface area contributed by atoms with Crippen molar-refractivity contribution >= 4 is 11.9 Å². The van der Waals surface area contributed by atoms with Crippen LogP contribution in [0, 0.1) is 6.92 Å². The van der Waals surface area contributed by atoms with Crippen LogP contribution in [0.1, 0.15) is 33.8 Å². The minimum atomic E-state index is -0.389. The Bertz CT molecular complexity index is 947. The molecule has 0 atom stereocenters. The predicted octanol–water partition coefficient (Wildman–Crippen LogP) is 3.08. The normalized spacial score (nSPS) is 10.5. The van der Waals surface area contributed by atoms with Crippen LogP contribution in [0.4, 0.5) is 0 Å². The summed E-state index contributed by atoms with van der Waals surface area (Å²) in [4.78, 5) is 27.8. The number of nitrogens with one attached hydrogen (secondary N) is 1. The second kappa shape index (κ2) is 8.94. The van der Waals surface area contributed by atoms with Crippen LogP contribution in [0.25, 0.3) is 11.4 Å². The lowest BCUT2D eigenvalue weighted by Gasteiger charge is -2.05. The molecule has 144 valence electrons. The van der Waals surface area contributed by atoms with E-state index in [1.807, 2.05) is 31.2 Å². The molecule has 1 N–H and O–H groups in total. The van der Waals surface area contributed by atoms with Crippen LogP contribution in [0.2, 0.25) is 0 Å². The van der Waals surface area contributed by atoms with Gasteiger partial charge in [-0.1, -0.05) is 47.1 Å². The molecule has 0 saturated heterocycles. The van der Waals surface area contributed by atoms with Crippen LogP contribution in [0.5, 0.6) is 0 Å². The summed E-state index contributed by atoms with van der Waals surface area (Å²) in [6.07, 6.45) is 0.613. The highest BCUT2D eigenvalue weighted by Gasteiger charge is 2.11. The quantitative estimate of drug-likeness (QED) is 0.634. The number of methoxy groups -OCH3 is 1. The summed E-state index contributed by atoms with van der Waals surface area (Å²) >= 11 is 0. The summed E-state index contributed by atoms with van der Waals surface area (Å²) in [6, 6.07) is 14.7. The van der Waals surface area contributed by atoms with Crippen LogP contribution in [-0.4, -0.2) is 29.1 Å². The summed E-state index contributed by atoms with van der Waals surface area (Å²) in [6.45, 7) is 2.39. The zero-order valence-corrected chi connectivity index (χ0v) is 15.8. The smallest absolute Gasteiger partial charge is 0.337 e. The number of carbonyl (C=O) groups is 2. The van der Waals surface area contributed by atoms with Crippen molar-refractivity contribution in [3.8, 4) is 11.4 Å². The average molecular weight is 379 g/mol. The van der Waals surface area contributed by atoms with Gasteiger partial charge in [-0.25, -0.2) is 4.79 Å². The van der Waals surface area contributed by atoms with Gasteiger partial charge in [0.15, 0.2) is 0 Å². The number of benzene rings is 2. The minimum Gasteiger partial charge on any atom is -0.465 e. The van der Waals surface area contributed by atoms with Gasteiger partial charge in [-0.3, -0.25) is 4.79 Å². The van der Waals surface area contributed by atoms with E-state index < -0.39 is 0 Å². The van der Waals surface area contributed by atoms with Gasteiger partial charge >= 0.3 is 5.97 Å². The van der Waals surface area contributed by atoms with Crippen molar-refractivity contribution in [3.05, 3.63) is 71.1 Å². The van der Waals surface area contributed by atoms with Crippen molar-refractivity contribution in [2.24, 2.45) is 0 Å². The van der Waals surface area contributed by atoms with Gasteiger partial charge < -0.3 is 14.6 Å². The molecular weight excluding hydrogens is 358 g/mol. The Morgan fingerprint density at radius 1 is 1.07 bits per heavy atom. The lowest BCUT2D eigenvalue weighted by molar-refractivity contribution is -0.121. The lowest BCUT2D eigenvalue weighted by Crippen LogP contribution is -2.23. The number of rotatable bonds is 7. The average Bonchev–Trinajstić information content (AvgIpc) is 3.20. The standard InChI is InChI=1S/C21H21N3O4/c1-14-3-7-16(8-4-14)20-23-19(28-24-20)12-11-18(25)22-13-15-5-9-17(10-6-15)21(26)27-2/h3-10H,11-13H2,1-2H3,(H,22,25). The van der Waals surface area contributed by atoms with E-state index in [-0.39, 0.29) is 18.3 Å². The molecule has 7 heteroatoms. The fourth-order valence-electron chi connectivity index (χ4n) is 2.56. The third kappa shape index (κ3) is 5.03. The molecule has 0 fully saturated rings. The molecule has 2 aromatic carbocycles. The largest absolute Gasteiger partial charge is 0.465 e. The molecule has 0 spiro atoms. The van der Waals surface area contributed by atoms with Crippen molar-refractivity contribution in [1.29, 1.82) is 0 Å². The molecule has 0 aliphatic carbocycles. The second-order valence-electron chi connectivity index (χ2n) is 6.34. The molecule has 3 aromatic rings. The van der Waals surface area contributed by atoms with Gasteiger partial charge in [-0.05, 0) is 24.6 Å². The molecule has 1 amide bonds. The molecule has 1 heterocycles. The van der Waals surface area contributed by atoms with Gasteiger partial charge in [0.1, 0.15) is 0 Å². The molecule has 0 aliphatic heterocycles. The van der Waals surface area contributed by atoms with Crippen LogP contribution < -0.4 is 5.32 Å². The maximum Gasteiger partial charge on any atom is 0.337 e. The van der Waals surface area contributed by atoms with Gasteiger partial charge in [-0.2, -0.15) is 4.98 Å². The first kappa shape index (κ1) is 19.3. The van der Waals surface area contributed by atoms with E-state index in [2.05, 4.69) is 20.2 Å².